The second kappa shape index (κ2) is 4.56. The van der Waals surface area contributed by atoms with Crippen LogP contribution in [0.1, 0.15) is 10.4 Å². The largest absolute Gasteiger partial charge is 0.346 e. The molecular weight excluding hydrogens is 225 g/mol. The minimum atomic E-state index is -0.568. The highest BCUT2D eigenvalue weighted by atomic mass is 19.1. The lowest BCUT2D eigenvalue weighted by Crippen LogP contribution is -2.17. The second-order valence-electron chi connectivity index (χ2n) is 3.24. The number of carbonyl (C=O) groups excluding carboxylic acids is 1. The van der Waals surface area contributed by atoms with E-state index in [9.17, 15) is 14.0 Å². The Morgan fingerprint density at radius 1 is 1.35 bits per heavy atom. The number of hydrogen-bond acceptors (Lipinski definition) is 3. The molecule has 0 aliphatic carbocycles. The molecular formula is C11H8FN3O2. The summed E-state index contributed by atoms with van der Waals surface area (Å²) in [6.45, 7) is 0. The minimum Gasteiger partial charge on any atom is -0.313 e. The zero-order chi connectivity index (χ0) is 12.3. The summed E-state index contributed by atoms with van der Waals surface area (Å²) < 4.78 is 12.9. The van der Waals surface area contributed by atoms with Crippen molar-refractivity contribution in [2.75, 3.05) is 5.32 Å². The lowest BCUT2D eigenvalue weighted by atomic mass is 10.2. The fourth-order valence-electron chi connectivity index (χ4n) is 1.26. The number of aromatic nitrogens is 2. The van der Waals surface area contributed by atoms with E-state index >= 15 is 0 Å². The van der Waals surface area contributed by atoms with Crippen molar-refractivity contribution in [1.82, 2.24) is 9.97 Å². The summed E-state index contributed by atoms with van der Waals surface area (Å²) in [4.78, 5) is 28.4. The van der Waals surface area contributed by atoms with Crippen molar-refractivity contribution in [1.29, 1.82) is 0 Å². The molecule has 0 bridgehead atoms. The van der Waals surface area contributed by atoms with Crippen LogP contribution in [0, 0.1) is 5.82 Å². The van der Waals surface area contributed by atoms with Gasteiger partial charge in [-0.05, 0) is 24.3 Å². The van der Waals surface area contributed by atoms with Crippen molar-refractivity contribution in [2.24, 2.45) is 0 Å². The Labute approximate surface area is 95.3 Å². The number of rotatable bonds is 2. The first-order valence-corrected chi connectivity index (χ1v) is 4.78. The van der Waals surface area contributed by atoms with Crippen LogP contribution in [0.25, 0.3) is 0 Å². The monoisotopic (exact) mass is 233 g/mol. The molecule has 1 aromatic heterocycles. The molecule has 0 saturated carbocycles. The molecule has 0 aliphatic rings. The van der Waals surface area contributed by atoms with E-state index in [1.807, 2.05) is 0 Å². The topological polar surface area (TPSA) is 74.8 Å². The molecule has 1 aromatic carbocycles. The number of halogens is 1. The molecule has 5 nitrogen and oxygen atoms in total. The second-order valence-corrected chi connectivity index (χ2v) is 3.24. The van der Waals surface area contributed by atoms with Crippen LogP contribution in [0.3, 0.4) is 0 Å². The van der Waals surface area contributed by atoms with Crippen LogP contribution >= 0.6 is 0 Å². The van der Waals surface area contributed by atoms with E-state index in [1.54, 1.807) is 0 Å². The van der Waals surface area contributed by atoms with Gasteiger partial charge in [-0.2, -0.15) is 4.98 Å². The maximum absolute atomic E-state index is 12.9. The van der Waals surface area contributed by atoms with Crippen LogP contribution in [-0.2, 0) is 0 Å². The number of carbonyl (C=O) groups is 1. The maximum atomic E-state index is 12.9. The van der Waals surface area contributed by atoms with Gasteiger partial charge in [0.15, 0.2) is 0 Å². The zero-order valence-electron chi connectivity index (χ0n) is 8.61. The summed E-state index contributed by atoms with van der Waals surface area (Å²) in [6.07, 6.45) is 1.36. The number of hydrogen-bond donors (Lipinski definition) is 2. The molecule has 0 fully saturated rings. The van der Waals surface area contributed by atoms with Crippen LogP contribution in [0.2, 0.25) is 0 Å². The van der Waals surface area contributed by atoms with Gasteiger partial charge in [0.05, 0.1) is 0 Å². The number of H-pyrrole nitrogens is 1. The van der Waals surface area contributed by atoms with Crippen LogP contribution in [0.5, 0.6) is 0 Å². The van der Waals surface area contributed by atoms with Gasteiger partial charge in [0.25, 0.3) is 5.91 Å². The predicted molar refractivity (Wildman–Crippen MR) is 59.2 cm³/mol. The van der Waals surface area contributed by atoms with Gasteiger partial charge in [-0.25, -0.2) is 9.18 Å². The van der Waals surface area contributed by atoms with E-state index in [-0.39, 0.29) is 11.4 Å². The highest BCUT2D eigenvalue weighted by molar-refractivity contribution is 6.03. The lowest BCUT2D eigenvalue weighted by molar-refractivity contribution is 0.102. The molecule has 0 aliphatic heterocycles. The first-order chi connectivity index (χ1) is 8.15. The zero-order valence-corrected chi connectivity index (χ0v) is 8.61. The third kappa shape index (κ3) is 2.75. The van der Waals surface area contributed by atoms with Crippen molar-refractivity contribution in [3.63, 3.8) is 0 Å². The fourth-order valence-corrected chi connectivity index (χ4v) is 1.26. The summed E-state index contributed by atoms with van der Waals surface area (Å²) in [5.74, 6) is -0.915. The van der Waals surface area contributed by atoms with Gasteiger partial charge >= 0.3 is 5.69 Å². The van der Waals surface area contributed by atoms with Gasteiger partial charge in [0.1, 0.15) is 11.6 Å². The molecule has 2 rings (SSSR count). The number of aromatic amines is 1. The smallest absolute Gasteiger partial charge is 0.313 e. The Morgan fingerprint density at radius 3 is 2.88 bits per heavy atom. The molecule has 86 valence electrons. The molecule has 1 amide bonds. The van der Waals surface area contributed by atoms with Gasteiger partial charge < -0.3 is 10.3 Å². The van der Waals surface area contributed by atoms with Gasteiger partial charge in [-0.3, -0.25) is 4.79 Å². The molecule has 0 saturated heterocycles. The van der Waals surface area contributed by atoms with Gasteiger partial charge in [-0.15, -0.1) is 0 Å². The van der Waals surface area contributed by atoms with E-state index in [1.165, 1.54) is 30.5 Å². The Hall–Kier alpha value is -2.50. The van der Waals surface area contributed by atoms with E-state index in [2.05, 4.69) is 15.3 Å². The summed E-state index contributed by atoms with van der Waals surface area (Å²) in [5, 5.41) is 2.39. The number of anilines is 1. The Morgan fingerprint density at radius 2 is 2.18 bits per heavy atom. The fraction of sp³-hybridized carbons (Fsp3) is 0. The maximum Gasteiger partial charge on any atom is 0.346 e. The summed E-state index contributed by atoms with van der Waals surface area (Å²) in [5.41, 5.74) is -0.408. The molecule has 0 radical (unpaired) electrons. The van der Waals surface area contributed by atoms with Crippen molar-refractivity contribution >= 4 is 11.7 Å². The van der Waals surface area contributed by atoms with Crippen molar-refractivity contribution in [3.8, 4) is 0 Å². The van der Waals surface area contributed by atoms with E-state index in [0.717, 1.165) is 6.07 Å². The quantitative estimate of drug-likeness (QED) is 0.817. The van der Waals surface area contributed by atoms with E-state index < -0.39 is 17.4 Å². The van der Waals surface area contributed by atoms with Crippen LogP contribution < -0.4 is 11.0 Å². The van der Waals surface area contributed by atoms with Gasteiger partial charge in [0.2, 0.25) is 0 Å². The first kappa shape index (κ1) is 11.0. The highest BCUT2D eigenvalue weighted by Crippen LogP contribution is 2.06. The SMILES string of the molecule is O=C(Nc1cc[nH]c(=O)n1)c1cccc(F)c1. The van der Waals surface area contributed by atoms with Crippen LogP contribution in [0.15, 0.2) is 41.3 Å². The number of benzene rings is 1. The minimum absolute atomic E-state index is 0.114. The van der Waals surface area contributed by atoms with Crippen LogP contribution in [-0.4, -0.2) is 15.9 Å². The molecule has 6 heteroatoms. The van der Waals surface area contributed by atoms with Crippen molar-refractivity contribution in [3.05, 3.63) is 58.4 Å². The Kier molecular flexibility index (Phi) is 2.95. The summed E-state index contributed by atoms with van der Waals surface area (Å²) >= 11 is 0. The first-order valence-electron chi connectivity index (χ1n) is 4.78. The molecule has 2 N–H and O–H groups in total. The van der Waals surface area contributed by atoms with E-state index in [4.69, 9.17) is 0 Å². The van der Waals surface area contributed by atoms with Crippen molar-refractivity contribution in [2.45, 2.75) is 0 Å². The molecule has 0 spiro atoms. The number of amides is 1. The van der Waals surface area contributed by atoms with E-state index in [0.29, 0.717) is 0 Å². The normalized spacial score (nSPS) is 9.94. The van der Waals surface area contributed by atoms with Crippen molar-refractivity contribution < 1.29 is 9.18 Å². The highest BCUT2D eigenvalue weighted by Gasteiger charge is 2.07. The average molecular weight is 233 g/mol. The Balaban J connectivity index is 2.20. The molecule has 0 unspecified atom stereocenters. The molecule has 0 atom stereocenters. The number of nitrogens with one attached hydrogen (secondary N) is 2. The number of nitrogens with zero attached hydrogens (tertiary/aromatic N) is 1. The summed E-state index contributed by atoms with van der Waals surface area (Å²) in [7, 11) is 0. The third-order valence-corrected chi connectivity index (χ3v) is 2.00. The molecule has 17 heavy (non-hydrogen) atoms. The average Bonchev–Trinajstić information content (AvgIpc) is 2.29. The van der Waals surface area contributed by atoms with Crippen LogP contribution in [0.4, 0.5) is 10.2 Å². The third-order valence-electron chi connectivity index (χ3n) is 2.00. The molecule has 2 aromatic rings. The summed E-state index contributed by atoms with van der Waals surface area (Å²) in [6, 6.07) is 6.66. The van der Waals surface area contributed by atoms with Gasteiger partial charge in [-0.1, -0.05) is 6.07 Å². The Bertz CT molecular complexity index is 609. The molecule has 1 heterocycles. The van der Waals surface area contributed by atoms with Gasteiger partial charge in [0, 0.05) is 11.8 Å². The predicted octanol–water partition coefficient (Wildman–Crippen LogP) is 1.16. The standard InChI is InChI=1S/C11H8FN3O2/c12-8-3-1-2-7(6-8)10(16)14-9-4-5-13-11(17)15-9/h1-6H,(H2,13,14,15,16,17). The lowest BCUT2D eigenvalue weighted by Gasteiger charge is -2.03.